The van der Waals surface area contributed by atoms with Crippen molar-refractivity contribution >= 4 is 30.1 Å². The second kappa shape index (κ2) is 11.5. The number of nitrogens with two attached hydrogens (primary N) is 2. The average molecular weight is 587 g/mol. The molecule has 1 heterocycles. The van der Waals surface area contributed by atoms with Crippen molar-refractivity contribution in [2.75, 3.05) is 6.61 Å². The van der Waals surface area contributed by atoms with Crippen LogP contribution in [0.3, 0.4) is 0 Å². The maximum absolute atomic E-state index is 13.1. The summed E-state index contributed by atoms with van der Waals surface area (Å²) in [5.74, 6) is 0.707. The van der Waals surface area contributed by atoms with Crippen molar-refractivity contribution in [1.82, 2.24) is 9.55 Å². The van der Waals surface area contributed by atoms with Crippen molar-refractivity contribution in [2.24, 2.45) is 28.6 Å². The quantitative estimate of drug-likeness (QED) is 0.204. The Morgan fingerprint density at radius 3 is 2.41 bits per heavy atom. The zero-order valence-corrected chi connectivity index (χ0v) is 25.7. The summed E-state index contributed by atoms with van der Waals surface area (Å²) in [6.07, 6.45) is -1.26. The van der Waals surface area contributed by atoms with Gasteiger partial charge in [-0.3, -0.25) is 5.14 Å². The van der Waals surface area contributed by atoms with Gasteiger partial charge in [0.25, 0.3) is 0 Å². The van der Waals surface area contributed by atoms with Gasteiger partial charge in [0.1, 0.15) is 12.6 Å². The van der Waals surface area contributed by atoms with Gasteiger partial charge in [0, 0.05) is 33.1 Å². The van der Waals surface area contributed by atoms with Crippen LogP contribution in [0.1, 0.15) is 75.7 Å². The second-order valence-corrected chi connectivity index (χ2v) is 21.0. The van der Waals surface area contributed by atoms with Crippen LogP contribution in [0.5, 0.6) is 0 Å². The number of ether oxygens (including phenoxy) is 1. The average Bonchev–Trinajstić information content (AvgIpc) is 3.57. The number of rotatable bonds is 13. The zero-order chi connectivity index (χ0) is 28.8. The fourth-order valence-electron chi connectivity index (χ4n) is 5.74. The predicted molar refractivity (Wildman–Crippen MR) is 154 cm³/mol. The third-order valence-electron chi connectivity index (χ3n) is 8.48. The molecule has 0 radical (unpaired) electrons. The highest BCUT2D eigenvalue weighted by atomic mass is 32.2. The van der Waals surface area contributed by atoms with E-state index < -0.39 is 42.3 Å². The Balaban J connectivity index is 1.70. The van der Waals surface area contributed by atoms with Gasteiger partial charge >= 0.3 is 6.18 Å². The Morgan fingerprint density at radius 1 is 1.18 bits per heavy atom. The van der Waals surface area contributed by atoms with Crippen LogP contribution in [-0.4, -0.2) is 39.4 Å². The number of aromatic nitrogens is 2. The number of benzene rings is 1. The van der Waals surface area contributed by atoms with E-state index in [2.05, 4.69) is 30.3 Å². The largest absolute Gasteiger partial charge is 0.389 e. The van der Waals surface area contributed by atoms with Gasteiger partial charge in [0.15, 0.2) is 0 Å². The zero-order valence-electron chi connectivity index (χ0n) is 23.9. The summed E-state index contributed by atoms with van der Waals surface area (Å²) in [5, 5.41) is 5.87. The van der Waals surface area contributed by atoms with Crippen molar-refractivity contribution in [3.8, 4) is 0 Å². The molecule has 3 atom stereocenters. The molecule has 2 saturated carbocycles. The maximum atomic E-state index is 13.1. The lowest BCUT2D eigenvalue weighted by Gasteiger charge is -2.42. The van der Waals surface area contributed by atoms with E-state index in [9.17, 15) is 17.4 Å². The lowest BCUT2D eigenvalue weighted by molar-refractivity contribution is -0.154. The third kappa shape index (κ3) is 7.93. The predicted octanol–water partition coefficient (Wildman–Crippen LogP) is 6.61. The van der Waals surface area contributed by atoms with Gasteiger partial charge < -0.3 is 15.0 Å². The van der Waals surface area contributed by atoms with E-state index in [1.807, 2.05) is 26.0 Å². The van der Waals surface area contributed by atoms with Crippen LogP contribution in [-0.2, 0) is 22.5 Å². The first-order valence-corrected chi connectivity index (χ1v) is 19.0. The van der Waals surface area contributed by atoms with Crippen molar-refractivity contribution in [2.45, 2.75) is 108 Å². The normalized spacial score (nSPS) is 23.0. The molecule has 4 N–H and O–H groups in total. The lowest BCUT2D eigenvalue weighted by atomic mass is 9.65. The molecule has 0 aliphatic heterocycles. The highest BCUT2D eigenvalue weighted by Gasteiger charge is 2.45. The molecule has 11 heteroatoms. The van der Waals surface area contributed by atoms with E-state index >= 15 is 0 Å². The van der Waals surface area contributed by atoms with E-state index in [4.69, 9.17) is 20.6 Å². The third-order valence-corrected chi connectivity index (χ3v) is 11.4. The van der Waals surface area contributed by atoms with Gasteiger partial charge in [-0.1, -0.05) is 25.7 Å². The minimum absolute atomic E-state index is 0.00547. The molecular weight excluding hydrogens is 541 g/mol. The Hall–Kier alpha value is -1.27. The van der Waals surface area contributed by atoms with Crippen LogP contribution >= 0.6 is 0 Å². The summed E-state index contributed by atoms with van der Waals surface area (Å²) >= 11 is 0. The molecule has 1 unspecified atom stereocenters. The first kappa shape index (κ1) is 30.7. The molecule has 0 spiro atoms. The summed E-state index contributed by atoms with van der Waals surface area (Å²) in [4.78, 5) is 5.04. The highest BCUT2D eigenvalue weighted by Crippen LogP contribution is 2.50. The van der Waals surface area contributed by atoms with E-state index in [-0.39, 0.29) is 17.9 Å². The van der Waals surface area contributed by atoms with Gasteiger partial charge in [-0.25, -0.2) is 9.19 Å². The smallest absolute Gasteiger partial charge is 0.361 e. The Bertz CT molecular complexity index is 1170. The Labute approximate surface area is 234 Å². The summed E-state index contributed by atoms with van der Waals surface area (Å²) in [6, 6.07) is 7.13. The molecule has 39 heavy (non-hydrogen) atoms. The number of alkyl halides is 3. The number of nitrogens with zero attached hydrogens (tertiary/aromatic N) is 2. The molecule has 2 aromatic rings. The summed E-state index contributed by atoms with van der Waals surface area (Å²) < 4.78 is 59.3. The first-order chi connectivity index (χ1) is 18.0. The van der Waals surface area contributed by atoms with Gasteiger partial charge in [0.2, 0.25) is 0 Å². The molecule has 2 fully saturated rings. The SMILES string of the molecule is CC(C)(C[C@H](c1nc2ccc([C@H](N)C3CC3)cc2n1COCC[Si](C)(C)C)C1CC(CC(F)(F)F)C1)S(N)=O. The molecule has 1 aromatic heterocycles. The monoisotopic (exact) mass is 586 g/mol. The van der Waals surface area contributed by atoms with E-state index in [1.54, 1.807) is 0 Å². The minimum atomic E-state index is -4.17. The molecule has 0 saturated heterocycles. The van der Waals surface area contributed by atoms with Gasteiger partial charge in [-0.2, -0.15) is 13.2 Å². The molecule has 1 aromatic carbocycles. The van der Waals surface area contributed by atoms with Crippen LogP contribution < -0.4 is 10.9 Å². The summed E-state index contributed by atoms with van der Waals surface area (Å²) in [5.41, 5.74) is 9.34. The van der Waals surface area contributed by atoms with Crippen LogP contribution in [0.2, 0.25) is 25.7 Å². The standard InChI is InChI=1S/C28H45F3N4O2SSi/c1-27(2,38(33)36)16-22(21-12-18(13-21)15-28(29,30)31)26-34-23-9-8-20(25(32)19-6-7-19)14-24(23)35(26)17-37-10-11-39(3,4)5/h8-9,14,18-19,21-22,25H,6-7,10-13,15-17,32-33H2,1-5H3/t18?,21?,22-,25+,38?/m0/s1. The highest BCUT2D eigenvalue weighted by molar-refractivity contribution is 7.84. The second-order valence-electron chi connectivity index (χ2n) is 13.6. The fraction of sp³-hybridized carbons (Fsp3) is 0.750. The number of imidazole rings is 1. The van der Waals surface area contributed by atoms with Crippen LogP contribution in [0.15, 0.2) is 18.2 Å². The molecular formula is C28H45F3N4O2SSi. The maximum Gasteiger partial charge on any atom is 0.389 e. The Morgan fingerprint density at radius 2 is 1.85 bits per heavy atom. The van der Waals surface area contributed by atoms with E-state index in [1.165, 1.54) is 0 Å². The molecule has 0 bridgehead atoms. The molecule has 0 amide bonds. The van der Waals surface area contributed by atoms with E-state index in [0.29, 0.717) is 38.5 Å². The van der Waals surface area contributed by atoms with Crippen molar-refractivity contribution in [3.63, 3.8) is 0 Å². The van der Waals surface area contributed by atoms with Crippen molar-refractivity contribution in [3.05, 3.63) is 29.6 Å². The molecule has 2 aliphatic carbocycles. The van der Waals surface area contributed by atoms with Crippen molar-refractivity contribution < 1.29 is 22.1 Å². The summed E-state index contributed by atoms with van der Waals surface area (Å²) in [6.45, 7) is 11.6. The summed E-state index contributed by atoms with van der Waals surface area (Å²) in [7, 11) is -2.89. The minimum Gasteiger partial charge on any atom is -0.361 e. The van der Waals surface area contributed by atoms with Crippen LogP contribution in [0.4, 0.5) is 13.2 Å². The van der Waals surface area contributed by atoms with Crippen LogP contribution in [0.25, 0.3) is 11.0 Å². The lowest BCUT2D eigenvalue weighted by Crippen LogP contribution is -2.39. The molecule has 220 valence electrons. The topological polar surface area (TPSA) is 96.2 Å². The van der Waals surface area contributed by atoms with Crippen LogP contribution in [0, 0.1) is 17.8 Å². The molecule has 6 nitrogen and oxygen atoms in total. The number of hydrogen-bond donors (Lipinski definition) is 2. The fourth-order valence-corrected chi connectivity index (χ4v) is 6.84. The van der Waals surface area contributed by atoms with Gasteiger partial charge in [-0.15, -0.1) is 0 Å². The molecule has 4 rings (SSSR count). The van der Waals surface area contributed by atoms with Gasteiger partial charge in [-0.05, 0) is 87.4 Å². The number of hydrogen-bond acceptors (Lipinski definition) is 4. The molecule has 2 aliphatic rings. The van der Waals surface area contributed by atoms with E-state index in [0.717, 1.165) is 41.3 Å². The number of halogens is 3. The number of fused-ring (bicyclic) bond motifs is 1. The van der Waals surface area contributed by atoms with Gasteiger partial charge in [0.05, 0.1) is 26.8 Å². The van der Waals surface area contributed by atoms with Crippen molar-refractivity contribution in [1.29, 1.82) is 0 Å². The first-order valence-electron chi connectivity index (χ1n) is 14.1. The Kier molecular flexibility index (Phi) is 9.08.